The number of nitriles is 2. The average molecular weight is 492 g/mol. The molecule has 0 saturated carbocycles. The van der Waals surface area contributed by atoms with Crippen LogP contribution in [0.4, 0.5) is 5.82 Å². The number of hydrogen-bond acceptors (Lipinski definition) is 8. The van der Waals surface area contributed by atoms with E-state index in [4.69, 9.17) is 24.5 Å². The van der Waals surface area contributed by atoms with Crippen molar-refractivity contribution in [2.24, 2.45) is 0 Å². The molecule has 0 amide bonds. The predicted molar refractivity (Wildman–Crippen MR) is 139 cm³/mol. The molecular formula is C29H25N5O3. The second-order valence-corrected chi connectivity index (χ2v) is 8.67. The van der Waals surface area contributed by atoms with Crippen molar-refractivity contribution in [3.8, 4) is 23.6 Å². The number of anilines is 1. The summed E-state index contributed by atoms with van der Waals surface area (Å²) < 4.78 is 17.0. The normalized spacial score (nSPS) is 13.1. The molecule has 0 N–H and O–H groups in total. The van der Waals surface area contributed by atoms with Crippen LogP contribution in [0.5, 0.6) is 11.5 Å². The molecule has 0 spiro atoms. The van der Waals surface area contributed by atoms with Crippen molar-refractivity contribution in [1.29, 1.82) is 10.5 Å². The minimum Gasteiger partial charge on any atom is -0.493 e. The molecule has 1 aliphatic heterocycles. The first-order valence-corrected chi connectivity index (χ1v) is 12.0. The van der Waals surface area contributed by atoms with Crippen LogP contribution in [0.25, 0.3) is 11.0 Å². The van der Waals surface area contributed by atoms with Crippen LogP contribution in [0.2, 0.25) is 0 Å². The van der Waals surface area contributed by atoms with Gasteiger partial charge in [0.1, 0.15) is 24.0 Å². The van der Waals surface area contributed by atoms with Crippen LogP contribution in [-0.4, -0.2) is 43.4 Å². The second-order valence-electron chi connectivity index (χ2n) is 8.67. The van der Waals surface area contributed by atoms with Gasteiger partial charge < -0.3 is 19.1 Å². The van der Waals surface area contributed by atoms with E-state index in [0.29, 0.717) is 59.9 Å². The maximum absolute atomic E-state index is 10.0. The fraction of sp³-hybridized carbons (Fsp3) is 0.241. The summed E-state index contributed by atoms with van der Waals surface area (Å²) in [6.45, 7) is 3.16. The summed E-state index contributed by atoms with van der Waals surface area (Å²) in [5.74, 6) is 1.99. The number of benzene rings is 3. The lowest BCUT2D eigenvalue weighted by Crippen LogP contribution is -2.36. The summed E-state index contributed by atoms with van der Waals surface area (Å²) in [6.07, 6.45) is 2.30. The number of methoxy groups -OCH3 is 1. The topological polar surface area (TPSA) is 104 Å². The van der Waals surface area contributed by atoms with Crippen LogP contribution >= 0.6 is 0 Å². The highest BCUT2D eigenvalue weighted by Gasteiger charge is 2.17. The molecule has 37 heavy (non-hydrogen) atoms. The molecule has 4 aromatic rings. The maximum Gasteiger partial charge on any atom is 0.161 e. The van der Waals surface area contributed by atoms with Crippen molar-refractivity contribution in [3.05, 3.63) is 88.6 Å². The summed E-state index contributed by atoms with van der Waals surface area (Å²) >= 11 is 0. The van der Waals surface area contributed by atoms with Gasteiger partial charge in [-0.25, -0.2) is 4.98 Å². The van der Waals surface area contributed by atoms with E-state index in [-0.39, 0.29) is 0 Å². The Morgan fingerprint density at radius 2 is 1.73 bits per heavy atom. The maximum atomic E-state index is 10.0. The van der Waals surface area contributed by atoms with Gasteiger partial charge in [0.15, 0.2) is 11.5 Å². The predicted octanol–water partition coefficient (Wildman–Crippen LogP) is 4.39. The molecule has 0 aliphatic carbocycles. The molecule has 184 valence electrons. The molecule has 1 aliphatic rings. The number of morpholine rings is 1. The molecule has 3 aromatic carbocycles. The Labute approximate surface area is 215 Å². The van der Waals surface area contributed by atoms with Crippen molar-refractivity contribution < 1.29 is 14.2 Å². The summed E-state index contributed by atoms with van der Waals surface area (Å²) in [4.78, 5) is 11.5. The fourth-order valence-corrected chi connectivity index (χ4v) is 4.32. The average Bonchev–Trinajstić information content (AvgIpc) is 2.96. The molecule has 8 nitrogen and oxygen atoms in total. The van der Waals surface area contributed by atoms with Crippen molar-refractivity contribution in [1.82, 2.24) is 9.97 Å². The molecule has 2 heterocycles. The second kappa shape index (κ2) is 10.9. The Bertz CT molecular complexity index is 1500. The monoisotopic (exact) mass is 491 g/mol. The van der Waals surface area contributed by atoms with E-state index in [1.807, 2.05) is 42.5 Å². The number of fused-ring (bicyclic) bond motifs is 1. The minimum atomic E-state index is 0.356. The highest BCUT2D eigenvalue weighted by molar-refractivity contribution is 5.83. The molecule has 0 atom stereocenters. The molecule has 5 rings (SSSR count). The first-order chi connectivity index (χ1) is 18.2. The lowest BCUT2D eigenvalue weighted by Gasteiger charge is -2.27. The summed E-state index contributed by atoms with van der Waals surface area (Å²) in [7, 11) is 1.60. The molecular weight excluding hydrogens is 466 g/mol. The summed E-state index contributed by atoms with van der Waals surface area (Å²) in [5, 5.41) is 19.0. The third-order valence-electron chi connectivity index (χ3n) is 6.34. The Morgan fingerprint density at radius 1 is 0.946 bits per heavy atom. The highest BCUT2D eigenvalue weighted by Crippen LogP contribution is 2.31. The Kier molecular flexibility index (Phi) is 7.12. The largest absolute Gasteiger partial charge is 0.493 e. The Morgan fingerprint density at radius 3 is 2.46 bits per heavy atom. The van der Waals surface area contributed by atoms with Crippen LogP contribution in [0.3, 0.4) is 0 Å². The number of rotatable bonds is 7. The molecule has 1 saturated heterocycles. The van der Waals surface area contributed by atoms with Crippen LogP contribution in [-0.2, 0) is 17.8 Å². The standard InChI is InChI=1S/C29H25N5O3/c1-35-27-15-22(6-9-26(27)37-19-21-4-2-20(16-30)3-5-21)14-23-7-8-25-29(24(23)17-31)33-28(18-32-25)34-10-12-36-13-11-34/h2-9,15,18H,10-14,19H2,1H3. The smallest absolute Gasteiger partial charge is 0.161 e. The minimum absolute atomic E-state index is 0.356. The Balaban J connectivity index is 1.37. The van der Waals surface area contributed by atoms with Crippen LogP contribution in [0.1, 0.15) is 27.8 Å². The van der Waals surface area contributed by atoms with E-state index in [1.54, 1.807) is 25.4 Å². The number of aromatic nitrogens is 2. The van der Waals surface area contributed by atoms with Gasteiger partial charge in [-0.15, -0.1) is 0 Å². The zero-order valence-electron chi connectivity index (χ0n) is 20.5. The third kappa shape index (κ3) is 5.30. The van der Waals surface area contributed by atoms with E-state index >= 15 is 0 Å². The van der Waals surface area contributed by atoms with Crippen molar-refractivity contribution in [2.45, 2.75) is 13.0 Å². The van der Waals surface area contributed by atoms with Gasteiger partial charge in [-0.05, 0) is 53.4 Å². The first kappa shape index (κ1) is 24.1. The van der Waals surface area contributed by atoms with Crippen LogP contribution in [0, 0.1) is 22.7 Å². The van der Waals surface area contributed by atoms with Gasteiger partial charge in [0.05, 0.1) is 49.2 Å². The lowest BCUT2D eigenvalue weighted by atomic mass is 9.98. The first-order valence-electron chi connectivity index (χ1n) is 12.0. The van der Waals surface area contributed by atoms with Crippen LogP contribution in [0.15, 0.2) is 60.8 Å². The molecule has 1 fully saturated rings. The SMILES string of the molecule is COc1cc(Cc2ccc3ncc(N4CCOCC4)nc3c2C#N)ccc1OCc1ccc(C#N)cc1. The van der Waals surface area contributed by atoms with Gasteiger partial charge in [0.25, 0.3) is 0 Å². The van der Waals surface area contributed by atoms with Crippen molar-refractivity contribution >= 4 is 16.9 Å². The van der Waals surface area contributed by atoms with E-state index in [0.717, 1.165) is 35.6 Å². The molecule has 0 unspecified atom stereocenters. The van der Waals surface area contributed by atoms with Gasteiger partial charge in [0.2, 0.25) is 0 Å². The van der Waals surface area contributed by atoms with Gasteiger partial charge in [0, 0.05) is 13.1 Å². The molecule has 0 radical (unpaired) electrons. The van der Waals surface area contributed by atoms with Gasteiger partial charge in [-0.2, -0.15) is 10.5 Å². The quantitative estimate of drug-likeness (QED) is 0.375. The van der Waals surface area contributed by atoms with E-state index < -0.39 is 0 Å². The zero-order chi connectivity index (χ0) is 25.6. The molecule has 8 heteroatoms. The van der Waals surface area contributed by atoms with Gasteiger partial charge in [-0.3, -0.25) is 4.98 Å². The van der Waals surface area contributed by atoms with Crippen molar-refractivity contribution in [3.63, 3.8) is 0 Å². The van der Waals surface area contributed by atoms with Crippen molar-refractivity contribution in [2.75, 3.05) is 38.3 Å². The number of nitrogens with zero attached hydrogens (tertiary/aromatic N) is 5. The zero-order valence-corrected chi connectivity index (χ0v) is 20.5. The van der Waals surface area contributed by atoms with Gasteiger partial charge in [-0.1, -0.05) is 24.3 Å². The number of hydrogen-bond donors (Lipinski definition) is 0. The number of ether oxygens (including phenoxy) is 3. The van der Waals surface area contributed by atoms with Gasteiger partial charge >= 0.3 is 0 Å². The van der Waals surface area contributed by atoms with Crippen LogP contribution < -0.4 is 14.4 Å². The van der Waals surface area contributed by atoms with E-state index in [9.17, 15) is 5.26 Å². The fourth-order valence-electron chi connectivity index (χ4n) is 4.32. The molecule has 0 bridgehead atoms. The van der Waals surface area contributed by atoms with E-state index in [1.165, 1.54) is 0 Å². The Hall–Kier alpha value is -4.66. The molecule has 1 aromatic heterocycles. The summed E-state index contributed by atoms with van der Waals surface area (Å²) in [6, 6.07) is 21.4. The highest BCUT2D eigenvalue weighted by atomic mass is 16.5. The van der Waals surface area contributed by atoms with E-state index in [2.05, 4.69) is 22.0 Å². The lowest BCUT2D eigenvalue weighted by molar-refractivity contribution is 0.122. The third-order valence-corrected chi connectivity index (χ3v) is 6.34. The summed E-state index contributed by atoms with van der Waals surface area (Å²) in [5.41, 5.74) is 5.25.